The maximum atomic E-state index is 12.2. The van der Waals surface area contributed by atoms with Crippen LogP contribution in [0.3, 0.4) is 0 Å². The molecule has 0 saturated heterocycles. The second kappa shape index (κ2) is 3.94. The molecule has 0 radical (unpaired) electrons. The first-order chi connectivity index (χ1) is 10.4. The molecule has 7 heteroatoms. The van der Waals surface area contributed by atoms with Crippen LogP contribution in [0.1, 0.15) is 25.5 Å². The quantitative estimate of drug-likeness (QED) is 0.703. The summed E-state index contributed by atoms with van der Waals surface area (Å²) in [4.78, 5) is 26.4. The third-order valence-corrected chi connectivity index (χ3v) is 4.29. The average molecular weight is 301 g/mol. The Morgan fingerprint density at radius 2 is 2.09 bits per heavy atom. The third-order valence-electron chi connectivity index (χ3n) is 4.29. The average Bonchev–Trinajstić information content (AvgIpc) is 2.73. The van der Waals surface area contributed by atoms with Gasteiger partial charge in [-0.15, -0.1) is 0 Å². The van der Waals surface area contributed by atoms with Crippen LogP contribution in [0.25, 0.3) is 0 Å². The number of H-pyrrole nitrogens is 1. The van der Waals surface area contributed by atoms with Crippen LogP contribution in [0.15, 0.2) is 39.4 Å². The van der Waals surface area contributed by atoms with Gasteiger partial charge in [0.15, 0.2) is 0 Å². The number of nitrogens with one attached hydrogen (secondary N) is 1. The van der Waals surface area contributed by atoms with Gasteiger partial charge in [-0.25, -0.2) is 19.0 Å². The standard InChI is InChI=1S/C15H15N3O4/c1-15(2)10-5-6-17-13(20)16-14(21)18(17)12(10)9-4-3-8(19)7-11(9)22-15/h3-5,7,12,19H,6H2,1-2H3,(H,16,20,21). The lowest BCUT2D eigenvalue weighted by Crippen LogP contribution is -2.46. The Labute approximate surface area is 125 Å². The highest BCUT2D eigenvalue weighted by Gasteiger charge is 2.43. The fraction of sp³-hybridized carbons (Fsp3) is 0.333. The molecule has 2 aliphatic rings. The molecule has 0 aliphatic carbocycles. The SMILES string of the molecule is CC1(C)Oc2cc(O)ccc2C2C1=CCn1c(=O)[nH]c(=O)n12. The minimum atomic E-state index is -0.635. The maximum absolute atomic E-state index is 12.2. The van der Waals surface area contributed by atoms with E-state index in [-0.39, 0.29) is 5.75 Å². The molecule has 114 valence electrons. The number of benzene rings is 1. The molecule has 3 heterocycles. The number of aromatic nitrogens is 3. The number of aromatic amines is 1. The van der Waals surface area contributed by atoms with Crippen molar-refractivity contribution in [3.63, 3.8) is 0 Å². The van der Waals surface area contributed by atoms with Gasteiger partial charge in [0.05, 0.1) is 6.54 Å². The van der Waals surface area contributed by atoms with Gasteiger partial charge in [-0.3, -0.25) is 4.98 Å². The lowest BCUT2D eigenvalue weighted by molar-refractivity contribution is 0.113. The highest BCUT2D eigenvalue weighted by atomic mass is 16.5. The van der Waals surface area contributed by atoms with Gasteiger partial charge < -0.3 is 9.84 Å². The van der Waals surface area contributed by atoms with E-state index >= 15 is 0 Å². The summed E-state index contributed by atoms with van der Waals surface area (Å²) in [5.74, 6) is 0.609. The molecule has 1 atom stereocenters. The van der Waals surface area contributed by atoms with Crippen molar-refractivity contribution in [2.24, 2.45) is 0 Å². The largest absolute Gasteiger partial charge is 0.508 e. The molecule has 2 aromatic rings. The van der Waals surface area contributed by atoms with Crippen LogP contribution in [0.2, 0.25) is 0 Å². The zero-order chi connectivity index (χ0) is 15.6. The van der Waals surface area contributed by atoms with E-state index in [4.69, 9.17) is 4.74 Å². The number of allylic oxidation sites excluding steroid dienone is 1. The highest BCUT2D eigenvalue weighted by Crippen LogP contribution is 2.46. The Hall–Kier alpha value is -2.70. The first-order valence-electron chi connectivity index (χ1n) is 7.02. The van der Waals surface area contributed by atoms with Crippen molar-refractivity contribution >= 4 is 0 Å². The van der Waals surface area contributed by atoms with Gasteiger partial charge in [0.25, 0.3) is 0 Å². The summed E-state index contributed by atoms with van der Waals surface area (Å²) in [6, 6.07) is 4.38. The Morgan fingerprint density at radius 1 is 1.32 bits per heavy atom. The van der Waals surface area contributed by atoms with Gasteiger partial charge in [0.1, 0.15) is 23.1 Å². The van der Waals surface area contributed by atoms with Crippen molar-refractivity contribution in [3.05, 3.63) is 56.4 Å². The summed E-state index contributed by atoms with van der Waals surface area (Å²) in [7, 11) is 0. The summed E-state index contributed by atoms with van der Waals surface area (Å²) >= 11 is 0. The van der Waals surface area contributed by atoms with Gasteiger partial charge in [-0.1, -0.05) is 6.08 Å². The number of phenolic OH excluding ortho intramolecular Hbond substituents is 1. The van der Waals surface area contributed by atoms with Crippen molar-refractivity contribution in [2.75, 3.05) is 0 Å². The van der Waals surface area contributed by atoms with Crippen LogP contribution in [-0.2, 0) is 6.54 Å². The van der Waals surface area contributed by atoms with Crippen LogP contribution in [0, 0.1) is 0 Å². The lowest BCUT2D eigenvalue weighted by atomic mass is 9.83. The smallest absolute Gasteiger partial charge is 0.345 e. The number of rotatable bonds is 0. The molecule has 22 heavy (non-hydrogen) atoms. The summed E-state index contributed by atoms with van der Waals surface area (Å²) in [6.45, 7) is 4.14. The van der Waals surface area contributed by atoms with E-state index in [0.717, 1.165) is 11.1 Å². The topological polar surface area (TPSA) is 89.2 Å². The zero-order valence-corrected chi connectivity index (χ0v) is 12.2. The van der Waals surface area contributed by atoms with Gasteiger partial charge >= 0.3 is 11.4 Å². The molecule has 0 spiro atoms. The summed E-state index contributed by atoms with van der Waals surface area (Å²) in [6.07, 6.45) is 1.93. The van der Waals surface area contributed by atoms with Crippen LogP contribution < -0.4 is 16.1 Å². The van der Waals surface area contributed by atoms with E-state index in [1.165, 1.54) is 15.4 Å². The van der Waals surface area contributed by atoms with Gasteiger partial charge in [0, 0.05) is 11.6 Å². The van der Waals surface area contributed by atoms with E-state index in [1.54, 1.807) is 12.1 Å². The molecule has 4 rings (SSSR count). The molecule has 0 amide bonds. The summed E-state index contributed by atoms with van der Waals surface area (Å²) in [5, 5.41) is 9.68. The predicted octanol–water partition coefficient (Wildman–Crippen LogP) is 0.744. The van der Waals surface area contributed by atoms with Crippen molar-refractivity contribution in [2.45, 2.75) is 32.0 Å². The zero-order valence-electron chi connectivity index (χ0n) is 12.2. The number of hydrogen-bond donors (Lipinski definition) is 2. The molecule has 1 aromatic heterocycles. The monoisotopic (exact) mass is 301 g/mol. The van der Waals surface area contributed by atoms with Crippen LogP contribution in [-0.4, -0.2) is 25.1 Å². The fourth-order valence-corrected chi connectivity index (χ4v) is 3.32. The van der Waals surface area contributed by atoms with Crippen LogP contribution >= 0.6 is 0 Å². The van der Waals surface area contributed by atoms with Crippen molar-refractivity contribution in [1.82, 2.24) is 14.3 Å². The minimum Gasteiger partial charge on any atom is -0.508 e. The second-order valence-corrected chi connectivity index (χ2v) is 6.06. The Morgan fingerprint density at radius 3 is 2.86 bits per heavy atom. The minimum absolute atomic E-state index is 0.0941. The third kappa shape index (κ3) is 1.56. The summed E-state index contributed by atoms with van der Waals surface area (Å²) in [5.41, 5.74) is 0.163. The molecular weight excluding hydrogens is 286 g/mol. The summed E-state index contributed by atoms with van der Waals surface area (Å²) < 4.78 is 8.80. The predicted molar refractivity (Wildman–Crippen MR) is 78.3 cm³/mol. The number of ether oxygens (including phenoxy) is 1. The van der Waals surface area contributed by atoms with E-state index in [2.05, 4.69) is 4.98 Å². The second-order valence-electron chi connectivity index (χ2n) is 6.06. The maximum Gasteiger partial charge on any atom is 0.345 e. The normalized spacial score (nSPS) is 21.2. The molecule has 1 aromatic carbocycles. The molecule has 2 aliphatic heterocycles. The van der Waals surface area contributed by atoms with Crippen molar-refractivity contribution in [3.8, 4) is 11.5 Å². The first-order valence-corrected chi connectivity index (χ1v) is 7.02. The van der Waals surface area contributed by atoms with E-state index < -0.39 is 23.0 Å². The lowest BCUT2D eigenvalue weighted by Gasteiger charge is -2.42. The fourth-order valence-electron chi connectivity index (χ4n) is 3.32. The molecule has 7 nitrogen and oxygen atoms in total. The molecule has 0 fully saturated rings. The van der Waals surface area contributed by atoms with Gasteiger partial charge in [0.2, 0.25) is 0 Å². The highest BCUT2D eigenvalue weighted by molar-refractivity contribution is 5.50. The van der Waals surface area contributed by atoms with Gasteiger partial charge in [-0.2, -0.15) is 0 Å². The number of aromatic hydroxyl groups is 1. The number of hydrogen-bond acceptors (Lipinski definition) is 4. The first kappa shape index (κ1) is 13.0. The number of nitrogens with zero attached hydrogens (tertiary/aromatic N) is 2. The van der Waals surface area contributed by atoms with Crippen molar-refractivity contribution < 1.29 is 9.84 Å². The Bertz CT molecular complexity index is 929. The van der Waals surface area contributed by atoms with E-state index in [1.807, 2.05) is 19.9 Å². The van der Waals surface area contributed by atoms with Crippen LogP contribution in [0.4, 0.5) is 0 Å². The number of fused-ring (bicyclic) bond motifs is 5. The van der Waals surface area contributed by atoms with E-state index in [9.17, 15) is 14.7 Å². The molecule has 0 saturated carbocycles. The molecule has 0 bridgehead atoms. The molecule has 2 N–H and O–H groups in total. The van der Waals surface area contributed by atoms with Crippen LogP contribution in [0.5, 0.6) is 11.5 Å². The number of phenols is 1. The molecule has 1 unspecified atom stereocenters. The van der Waals surface area contributed by atoms with Gasteiger partial charge in [-0.05, 0) is 31.6 Å². The van der Waals surface area contributed by atoms with E-state index in [0.29, 0.717) is 12.3 Å². The molecular formula is C15H15N3O4. The van der Waals surface area contributed by atoms with Crippen molar-refractivity contribution in [1.29, 1.82) is 0 Å². The Kier molecular flexibility index (Phi) is 2.33. The Balaban J connectivity index is 2.06.